The maximum Gasteiger partial charge on any atom is -0.00928 e. The Bertz CT molecular complexity index is 7750. The largest absolute Gasteiger partial charge is 0.0616 e. The molecule has 0 saturated carbocycles. The van der Waals surface area contributed by atoms with Crippen LogP contribution in [0.15, 0.2) is 425 Å². The predicted octanol–water partition coefficient (Wildman–Crippen LogP) is 33.0. The summed E-state index contributed by atoms with van der Waals surface area (Å²) in [6.07, 6.45) is 0. The zero-order valence-electron chi connectivity index (χ0n) is 63.4. The van der Waals surface area contributed by atoms with Crippen LogP contribution in [0.3, 0.4) is 0 Å². The van der Waals surface area contributed by atoms with E-state index in [9.17, 15) is 0 Å². The molecule has 0 heteroatoms. The van der Waals surface area contributed by atoms with Gasteiger partial charge in [0.05, 0.1) is 0 Å². The topological polar surface area (TPSA) is 0 Å². The minimum Gasteiger partial charge on any atom is -0.0616 e. The van der Waals surface area contributed by atoms with Gasteiger partial charge in [-0.05, 0) is 323 Å². The van der Waals surface area contributed by atoms with Crippen molar-refractivity contribution in [1.29, 1.82) is 0 Å². The summed E-state index contributed by atoms with van der Waals surface area (Å²) < 4.78 is 0. The van der Waals surface area contributed by atoms with Crippen LogP contribution in [0.25, 0.3) is 250 Å². The lowest BCUT2D eigenvalue weighted by molar-refractivity contribution is 1.60. The lowest BCUT2D eigenvalue weighted by Gasteiger charge is -2.16. The van der Waals surface area contributed by atoms with E-state index in [1.165, 1.54) is 250 Å². The van der Waals surface area contributed by atoms with E-state index in [0.29, 0.717) is 0 Å². The molecule has 0 amide bonds. The summed E-state index contributed by atoms with van der Waals surface area (Å²) in [5, 5.41) is 43.7. The molecule has 0 aliphatic heterocycles. The van der Waals surface area contributed by atoms with Crippen molar-refractivity contribution in [2.24, 2.45) is 0 Å². The molecule has 0 N–H and O–H groups in total. The number of fused-ring (bicyclic) bond motifs is 33. The summed E-state index contributed by atoms with van der Waals surface area (Å²) in [6.45, 7) is 0. The van der Waals surface area contributed by atoms with Crippen LogP contribution in [-0.2, 0) is 0 Å². The van der Waals surface area contributed by atoms with Crippen LogP contribution in [0.5, 0.6) is 0 Å². The number of rotatable bonds is 6. The van der Waals surface area contributed by atoms with E-state index in [1.807, 2.05) is 0 Å². The van der Waals surface area contributed by atoms with Crippen LogP contribution in [0.4, 0.5) is 0 Å². The Morgan fingerprint density at radius 3 is 0.397 bits per heavy atom. The molecular formula is C116H70. The number of hydrogen-bond donors (Lipinski definition) is 0. The summed E-state index contributed by atoms with van der Waals surface area (Å²) in [5.74, 6) is 0. The van der Waals surface area contributed by atoms with Crippen molar-refractivity contribution in [2.45, 2.75) is 0 Å². The summed E-state index contributed by atoms with van der Waals surface area (Å²) in [6, 6.07) is 158. The second-order valence-corrected chi connectivity index (χ2v) is 31.6. The Hall–Kier alpha value is -15.1. The lowest BCUT2D eigenvalue weighted by atomic mass is 9.88. The molecule has 25 rings (SSSR count). The van der Waals surface area contributed by atoms with Crippen molar-refractivity contribution in [3.63, 3.8) is 0 Å². The molecule has 0 unspecified atom stereocenters. The monoisotopic (exact) mass is 1460 g/mol. The fourth-order valence-electron chi connectivity index (χ4n) is 19.9. The highest BCUT2D eigenvalue weighted by Gasteiger charge is 2.20. The Balaban J connectivity index is 0.000000134. The van der Waals surface area contributed by atoms with Crippen molar-refractivity contribution in [3.05, 3.63) is 425 Å². The van der Waals surface area contributed by atoms with Crippen LogP contribution in [-0.4, -0.2) is 0 Å². The van der Waals surface area contributed by atoms with Crippen molar-refractivity contribution in [2.75, 3.05) is 0 Å². The first-order chi connectivity index (χ1) is 57.5. The quantitative estimate of drug-likeness (QED) is 0.146. The van der Waals surface area contributed by atoms with E-state index in [2.05, 4.69) is 425 Å². The molecule has 116 heavy (non-hydrogen) atoms. The van der Waals surface area contributed by atoms with Gasteiger partial charge in [0.1, 0.15) is 0 Å². The minimum absolute atomic E-state index is 1.20. The Morgan fingerprint density at radius 2 is 0.198 bits per heavy atom. The first-order valence-corrected chi connectivity index (χ1v) is 40.4. The first-order valence-electron chi connectivity index (χ1n) is 40.4. The molecule has 0 bridgehead atoms. The van der Waals surface area contributed by atoms with Gasteiger partial charge in [0, 0.05) is 0 Å². The van der Waals surface area contributed by atoms with Gasteiger partial charge in [0.15, 0.2) is 0 Å². The number of hydrogen-bond acceptors (Lipinski definition) is 0. The van der Waals surface area contributed by atoms with Crippen molar-refractivity contribution >= 4 is 183 Å². The van der Waals surface area contributed by atoms with Crippen LogP contribution in [0.1, 0.15) is 0 Å². The molecule has 0 aliphatic rings. The zero-order chi connectivity index (χ0) is 76.1. The summed E-state index contributed by atoms with van der Waals surface area (Å²) in [5.41, 5.74) is 14.5. The molecule has 0 nitrogen and oxygen atoms in total. The van der Waals surface area contributed by atoms with E-state index in [1.54, 1.807) is 0 Å². The third-order valence-corrected chi connectivity index (χ3v) is 25.3. The van der Waals surface area contributed by atoms with Gasteiger partial charge in [-0.15, -0.1) is 0 Å². The molecule has 0 heterocycles. The smallest absolute Gasteiger partial charge is 0.00928 e. The normalized spacial score (nSPS) is 12.0. The summed E-state index contributed by atoms with van der Waals surface area (Å²) in [4.78, 5) is 0. The van der Waals surface area contributed by atoms with E-state index in [4.69, 9.17) is 0 Å². The average Bonchev–Trinajstić information content (AvgIpc) is 0.763. The fourth-order valence-corrected chi connectivity index (χ4v) is 19.9. The minimum atomic E-state index is 1.20. The van der Waals surface area contributed by atoms with Crippen LogP contribution in [0, 0.1) is 0 Å². The fraction of sp³-hybridized carbons (Fsp3) is 0. The molecule has 0 aromatic heterocycles. The van der Waals surface area contributed by atoms with Crippen molar-refractivity contribution in [1.82, 2.24) is 0 Å². The van der Waals surface area contributed by atoms with Gasteiger partial charge in [-0.25, -0.2) is 0 Å². The first kappa shape index (κ1) is 65.6. The SMILES string of the molecule is c1ccc2c(c1)c1ccccc1c1cc(-c3cc(-c4ccc5c6ccccc6c6ccccc6c5c4)cc(-c4ccc5c6ccccc6c6ccccc6c5c4)c3)ccc21.c1ccc2c(c1)ccc1ccc(-c3cc(-c4ccc5c6ccccc6c6ccccc6c5c4)cc(-c4ccc5c6ccccc6c6ccccc6c5c4)c3)cc12. The van der Waals surface area contributed by atoms with E-state index in [-0.39, 0.29) is 0 Å². The molecular weight excluding hydrogens is 1390 g/mol. The summed E-state index contributed by atoms with van der Waals surface area (Å²) in [7, 11) is 0. The predicted molar refractivity (Wildman–Crippen MR) is 503 cm³/mol. The Labute approximate surface area is 669 Å². The second-order valence-electron chi connectivity index (χ2n) is 31.6. The highest BCUT2D eigenvalue weighted by molar-refractivity contribution is 6.31. The highest BCUT2D eigenvalue weighted by atomic mass is 14.2. The maximum absolute atomic E-state index is 2.42. The van der Waals surface area contributed by atoms with Crippen molar-refractivity contribution in [3.8, 4) is 66.8 Å². The zero-order valence-corrected chi connectivity index (χ0v) is 63.4. The molecule has 25 aromatic carbocycles. The molecule has 25 aromatic rings. The maximum atomic E-state index is 2.42. The third-order valence-electron chi connectivity index (χ3n) is 25.3. The van der Waals surface area contributed by atoms with Gasteiger partial charge in [-0.2, -0.15) is 0 Å². The Kier molecular flexibility index (Phi) is 14.9. The molecule has 0 fully saturated rings. The molecule has 0 spiro atoms. The van der Waals surface area contributed by atoms with Gasteiger partial charge < -0.3 is 0 Å². The van der Waals surface area contributed by atoms with Gasteiger partial charge in [-0.1, -0.05) is 352 Å². The van der Waals surface area contributed by atoms with E-state index in [0.717, 1.165) is 0 Å². The number of benzene rings is 25. The van der Waals surface area contributed by atoms with Gasteiger partial charge in [-0.3, -0.25) is 0 Å². The molecule has 0 atom stereocenters. The van der Waals surface area contributed by atoms with Crippen LogP contribution in [0.2, 0.25) is 0 Å². The van der Waals surface area contributed by atoms with Crippen molar-refractivity contribution < 1.29 is 0 Å². The molecule has 0 radical (unpaired) electrons. The van der Waals surface area contributed by atoms with Crippen LogP contribution < -0.4 is 0 Å². The van der Waals surface area contributed by atoms with Gasteiger partial charge in [0.2, 0.25) is 0 Å². The molecule has 0 aliphatic carbocycles. The van der Waals surface area contributed by atoms with Crippen LogP contribution >= 0.6 is 0 Å². The average molecular weight is 1460 g/mol. The highest BCUT2D eigenvalue weighted by Crippen LogP contribution is 2.47. The lowest BCUT2D eigenvalue weighted by Crippen LogP contribution is -1.89. The van der Waals surface area contributed by atoms with Gasteiger partial charge in [0.25, 0.3) is 0 Å². The Morgan fingerprint density at radius 1 is 0.0690 bits per heavy atom. The van der Waals surface area contributed by atoms with Gasteiger partial charge >= 0.3 is 0 Å². The summed E-state index contributed by atoms with van der Waals surface area (Å²) >= 11 is 0. The second kappa shape index (κ2) is 26.3. The molecule has 534 valence electrons. The van der Waals surface area contributed by atoms with E-state index >= 15 is 0 Å². The third kappa shape index (κ3) is 10.5. The van der Waals surface area contributed by atoms with E-state index < -0.39 is 0 Å². The standard InChI is InChI=1S/C60H36.C56H34/c1-4-19-49-43(13-1)46-16-7-10-22-52(46)58-34-37(25-28-55(49)58)40-31-41(38-26-29-56-50-20-5-2-14-44(50)47-17-8-11-23-53(47)59(56)35-38)33-42(32-40)39-27-30-57-51-21-6-3-15-45(51)48-18-9-12-24-54(48)60(57)36-39;1-2-12-43-35(11-1)21-22-36-23-24-37(32-54(36)43)40-29-41(38-25-27-52-48-17-5-3-13-44(48)46-15-7-9-19-50(46)55(52)33-38)31-42(30-40)39-26-28-53-49-18-6-4-14-45(49)47-16-8-10-20-51(47)56(53)34-39/h1-36H;1-34H. The molecule has 0 saturated heterocycles.